The van der Waals surface area contributed by atoms with Crippen LogP contribution >= 0.6 is 0 Å². The highest BCUT2D eigenvalue weighted by Crippen LogP contribution is 2.37. The summed E-state index contributed by atoms with van der Waals surface area (Å²) in [4.78, 5) is 12.6. The highest BCUT2D eigenvalue weighted by molar-refractivity contribution is 6.05. The molecule has 3 aromatic carbocycles. The minimum Gasteiger partial charge on any atom is -0.496 e. The first-order valence-electron chi connectivity index (χ1n) is 10.3. The second-order valence-electron chi connectivity index (χ2n) is 7.84. The van der Waals surface area contributed by atoms with Crippen molar-refractivity contribution in [3.05, 3.63) is 89.4 Å². The van der Waals surface area contributed by atoms with Crippen LogP contribution in [0.4, 0.5) is 10.1 Å². The van der Waals surface area contributed by atoms with Gasteiger partial charge in [0.2, 0.25) is 5.91 Å². The van der Waals surface area contributed by atoms with Gasteiger partial charge < -0.3 is 14.5 Å². The first-order valence-corrected chi connectivity index (χ1v) is 10.3. The zero-order chi connectivity index (χ0) is 22.8. The monoisotopic (exact) mass is 429 g/mol. The Morgan fingerprint density at radius 2 is 1.81 bits per heavy atom. The Labute approximate surface area is 186 Å². The highest BCUT2D eigenvalue weighted by Gasteiger charge is 2.15. The topological polar surface area (TPSA) is 51.5 Å². The minimum absolute atomic E-state index is 0.348. The Kier molecular flexibility index (Phi) is 5.82. The predicted molar refractivity (Wildman–Crippen MR) is 126 cm³/mol. The Morgan fingerprint density at radius 3 is 2.50 bits per heavy atom. The number of benzene rings is 3. The third-order valence-corrected chi connectivity index (χ3v) is 5.47. The third-order valence-electron chi connectivity index (χ3n) is 5.47. The number of aryl methyl sites for hydroxylation is 2. The molecular formula is C27H24FNO3. The molecule has 0 atom stereocenters. The molecule has 5 heteroatoms. The van der Waals surface area contributed by atoms with Crippen molar-refractivity contribution >= 4 is 28.1 Å². The molecule has 1 amide bonds. The van der Waals surface area contributed by atoms with Crippen LogP contribution in [0.2, 0.25) is 0 Å². The Balaban J connectivity index is 1.69. The maximum absolute atomic E-state index is 13.8. The molecule has 162 valence electrons. The maximum Gasteiger partial charge on any atom is 0.248 e. The summed E-state index contributed by atoms with van der Waals surface area (Å²) in [7, 11) is 1.58. The Morgan fingerprint density at radius 1 is 1.06 bits per heavy atom. The van der Waals surface area contributed by atoms with E-state index >= 15 is 0 Å². The molecule has 0 bridgehead atoms. The summed E-state index contributed by atoms with van der Waals surface area (Å²) in [6.07, 6.45) is 3.21. The van der Waals surface area contributed by atoms with Crippen molar-refractivity contribution in [1.29, 1.82) is 0 Å². The predicted octanol–water partition coefficient (Wildman–Crippen LogP) is 6.91. The molecule has 4 nitrogen and oxygen atoms in total. The van der Waals surface area contributed by atoms with Gasteiger partial charge in [0.25, 0.3) is 0 Å². The fourth-order valence-electron chi connectivity index (χ4n) is 3.61. The molecule has 4 rings (SSSR count). The van der Waals surface area contributed by atoms with Crippen molar-refractivity contribution in [3.63, 3.8) is 0 Å². The number of amides is 1. The van der Waals surface area contributed by atoms with Crippen molar-refractivity contribution in [2.75, 3.05) is 12.4 Å². The summed E-state index contributed by atoms with van der Waals surface area (Å²) in [5, 5.41) is 3.64. The van der Waals surface area contributed by atoms with Crippen LogP contribution in [0, 0.1) is 19.7 Å². The molecule has 1 heterocycles. The van der Waals surface area contributed by atoms with Gasteiger partial charge in [0.15, 0.2) is 0 Å². The lowest BCUT2D eigenvalue weighted by atomic mass is 9.99. The summed E-state index contributed by atoms with van der Waals surface area (Å²) in [6.45, 7) is 5.56. The first-order chi connectivity index (χ1) is 15.4. The number of furan rings is 1. The molecule has 4 aromatic rings. The van der Waals surface area contributed by atoms with Crippen LogP contribution in [0.3, 0.4) is 0 Å². The molecule has 0 spiro atoms. The van der Waals surface area contributed by atoms with Crippen LogP contribution in [0.15, 0.2) is 71.4 Å². The quantitative estimate of drug-likeness (QED) is 0.351. The summed E-state index contributed by atoms with van der Waals surface area (Å²) < 4.78 is 25.1. The number of methoxy groups -OCH3 is 1. The summed E-state index contributed by atoms with van der Waals surface area (Å²) in [5.41, 5.74) is 6.32. The van der Waals surface area contributed by atoms with Gasteiger partial charge in [-0.2, -0.15) is 0 Å². The third kappa shape index (κ3) is 4.28. The summed E-state index contributed by atoms with van der Waals surface area (Å²) >= 11 is 0. The number of nitrogens with one attached hydrogen (secondary N) is 1. The zero-order valence-corrected chi connectivity index (χ0v) is 18.5. The lowest BCUT2D eigenvalue weighted by Crippen LogP contribution is -2.09. The van der Waals surface area contributed by atoms with Gasteiger partial charge in [-0.05, 0) is 55.7 Å². The fraction of sp³-hybridized carbons (Fsp3) is 0.148. The average molecular weight is 429 g/mol. The van der Waals surface area contributed by atoms with Crippen molar-refractivity contribution in [3.8, 4) is 16.9 Å². The van der Waals surface area contributed by atoms with Crippen LogP contribution in [0.5, 0.6) is 5.75 Å². The number of carbonyl (C=O) groups is 1. The molecule has 32 heavy (non-hydrogen) atoms. The number of rotatable bonds is 5. The zero-order valence-electron chi connectivity index (χ0n) is 18.5. The van der Waals surface area contributed by atoms with E-state index < -0.39 is 0 Å². The van der Waals surface area contributed by atoms with Crippen molar-refractivity contribution in [1.82, 2.24) is 0 Å². The van der Waals surface area contributed by atoms with E-state index in [9.17, 15) is 9.18 Å². The van der Waals surface area contributed by atoms with E-state index in [1.54, 1.807) is 32.4 Å². The highest BCUT2D eigenvalue weighted by atomic mass is 19.1. The summed E-state index contributed by atoms with van der Waals surface area (Å²) in [6, 6.07) is 16.6. The number of hydrogen-bond acceptors (Lipinski definition) is 3. The van der Waals surface area contributed by atoms with Gasteiger partial charge in [0.1, 0.15) is 17.1 Å². The molecule has 0 radical (unpaired) electrons. The molecule has 1 N–H and O–H groups in total. The van der Waals surface area contributed by atoms with Crippen LogP contribution < -0.4 is 10.1 Å². The van der Waals surface area contributed by atoms with Gasteiger partial charge in [-0.15, -0.1) is 0 Å². The van der Waals surface area contributed by atoms with E-state index in [1.807, 2.05) is 26.0 Å². The Hall–Kier alpha value is -3.86. The molecule has 0 saturated carbocycles. The fourth-order valence-corrected chi connectivity index (χ4v) is 3.61. The number of ether oxygens (including phenoxy) is 1. The largest absolute Gasteiger partial charge is 0.496 e. The summed E-state index contributed by atoms with van der Waals surface area (Å²) in [5.74, 6) is -0.108. The van der Waals surface area contributed by atoms with E-state index in [-0.39, 0.29) is 11.7 Å². The van der Waals surface area contributed by atoms with Crippen LogP contribution in [0.1, 0.15) is 23.6 Å². The van der Waals surface area contributed by atoms with Gasteiger partial charge in [0.05, 0.1) is 13.4 Å². The first kappa shape index (κ1) is 21.4. The molecule has 0 unspecified atom stereocenters. The van der Waals surface area contributed by atoms with Crippen molar-refractivity contribution in [2.45, 2.75) is 20.8 Å². The second kappa shape index (κ2) is 8.71. The van der Waals surface area contributed by atoms with E-state index in [1.165, 1.54) is 17.7 Å². The van der Waals surface area contributed by atoms with Crippen LogP contribution in [-0.2, 0) is 4.79 Å². The van der Waals surface area contributed by atoms with E-state index in [4.69, 9.17) is 9.15 Å². The number of hydrogen-bond donors (Lipinski definition) is 1. The molecule has 0 aliphatic heterocycles. The molecule has 0 fully saturated rings. The molecule has 0 saturated heterocycles. The van der Waals surface area contributed by atoms with Gasteiger partial charge in [-0.3, -0.25) is 4.79 Å². The van der Waals surface area contributed by atoms with Crippen LogP contribution in [0.25, 0.3) is 27.7 Å². The normalized spacial score (nSPS) is 11.6. The number of allylic oxidation sites excluding steroid dienone is 1. The SMILES string of the molecule is COc1cc2occ(-c3ccc(C)cc3)c2cc1/C(C)=C/C(=O)Nc1ccc(C)c(F)c1. The molecular weight excluding hydrogens is 405 g/mol. The van der Waals surface area contributed by atoms with Gasteiger partial charge in [-0.1, -0.05) is 35.9 Å². The van der Waals surface area contributed by atoms with E-state index in [0.717, 1.165) is 22.1 Å². The smallest absolute Gasteiger partial charge is 0.248 e. The molecule has 1 aromatic heterocycles. The lowest BCUT2D eigenvalue weighted by molar-refractivity contribution is -0.111. The van der Waals surface area contributed by atoms with E-state index in [0.29, 0.717) is 28.2 Å². The number of carbonyl (C=O) groups excluding carboxylic acids is 1. The lowest BCUT2D eigenvalue weighted by Gasteiger charge is -2.10. The van der Waals surface area contributed by atoms with Gasteiger partial charge in [-0.25, -0.2) is 4.39 Å². The maximum atomic E-state index is 13.8. The second-order valence-corrected chi connectivity index (χ2v) is 7.84. The van der Waals surface area contributed by atoms with E-state index in [2.05, 4.69) is 29.6 Å². The van der Waals surface area contributed by atoms with Crippen LogP contribution in [-0.4, -0.2) is 13.0 Å². The minimum atomic E-state index is -0.362. The average Bonchev–Trinajstić information content (AvgIpc) is 3.18. The number of fused-ring (bicyclic) bond motifs is 1. The molecule has 0 aliphatic rings. The number of anilines is 1. The Bertz CT molecular complexity index is 1330. The van der Waals surface area contributed by atoms with Crippen molar-refractivity contribution < 1.29 is 18.3 Å². The number of halogens is 1. The molecule has 0 aliphatic carbocycles. The van der Waals surface area contributed by atoms with Gasteiger partial charge in [0, 0.05) is 34.3 Å². The van der Waals surface area contributed by atoms with Crippen molar-refractivity contribution in [2.24, 2.45) is 0 Å². The standard InChI is InChI=1S/C27H24FNO3/c1-16-5-8-19(9-6-16)23-15-32-26-14-25(31-4)21(13-22(23)26)18(3)11-27(30)29-20-10-7-17(2)24(28)12-20/h5-15H,1-4H3,(H,29,30)/b18-11+. The van der Waals surface area contributed by atoms with Gasteiger partial charge >= 0.3 is 0 Å².